The van der Waals surface area contributed by atoms with Crippen molar-refractivity contribution < 1.29 is 22.4 Å². The molecule has 1 aromatic carbocycles. The minimum atomic E-state index is -3.75. The second kappa shape index (κ2) is 8.26. The first-order chi connectivity index (χ1) is 15.4. The van der Waals surface area contributed by atoms with E-state index < -0.39 is 15.9 Å². The number of nitrogens with zero attached hydrogens (tertiary/aromatic N) is 5. The number of carbonyl (C=O) groups is 2. The Hall–Kier alpha value is -2.83. The number of piperazine rings is 1. The van der Waals surface area contributed by atoms with Crippen LogP contribution in [-0.2, 0) is 26.2 Å². The molecule has 2 saturated heterocycles. The molecule has 2 aliphatic heterocycles. The first kappa shape index (κ1) is 21.0. The van der Waals surface area contributed by atoms with Crippen LogP contribution in [0.15, 0.2) is 45.9 Å². The van der Waals surface area contributed by atoms with Gasteiger partial charge in [-0.25, -0.2) is 8.42 Å². The minimum absolute atomic E-state index is 0.0778. The van der Waals surface area contributed by atoms with Gasteiger partial charge in [0.25, 0.3) is 0 Å². The highest BCUT2D eigenvalue weighted by Gasteiger charge is 2.39. The van der Waals surface area contributed by atoms with E-state index in [2.05, 4.69) is 8.75 Å². The first-order valence-electron chi connectivity index (χ1n) is 10.2. The van der Waals surface area contributed by atoms with Crippen LogP contribution in [0.3, 0.4) is 0 Å². The van der Waals surface area contributed by atoms with E-state index in [4.69, 9.17) is 4.42 Å². The molecule has 0 N–H and O–H groups in total. The van der Waals surface area contributed by atoms with Gasteiger partial charge in [0, 0.05) is 39.1 Å². The Bertz CT molecular complexity index is 1250. The van der Waals surface area contributed by atoms with Gasteiger partial charge in [-0.05, 0) is 24.3 Å². The molecule has 0 spiro atoms. The summed E-state index contributed by atoms with van der Waals surface area (Å²) in [5.41, 5.74) is 0.923. The smallest absolute Gasteiger partial charge is 0.245 e. The zero-order chi connectivity index (χ0) is 22.3. The van der Waals surface area contributed by atoms with Gasteiger partial charge in [-0.1, -0.05) is 6.07 Å². The van der Waals surface area contributed by atoms with Crippen LogP contribution in [0.1, 0.15) is 12.2 Å². The van der Waals surface area contributed by atoms with E-state index in [0.717, 1.165) is 11.7 Å². The highest BCUT2D eigenvalue weighted by atomic mass is 32.2. The summed E-state index contributed by atoms with van der Waals surface area (Å²) in [6, 6.07) is 8.48. The third kappa shape index (κ3) is 3.78. The van der Waals surface area contributed by atoms with Gasteiger partial charge in [0.15, 0.2) is 0 Å². The molecule has 2 amide bonds. The molecule has 2 aromatic heterocycles. The van der Waals surface area contributed by atoms with Gasteiger partial charge in [0.05, 0.1) is 30.5 Å². The lowest BCUT2D eigenvalue weighted by atomic mass is 10.1. The van der Waals surface area contributed by atoms with Gasteiger partial charge in [0.2, 0.25) is 21.8 Å². The van der Waals surface area contributed by atoms with Gasteiger partial charge in [-0.15, -0.1) is 0 Å². The molecule has 3 aromatic rings. The van der Waals surface area contributed by atoms with Crippen LogP contribution in [0.25, 0.3) is 11.0 Å². The predicted molar refractivity (Wildman–Crippen MR) is 115 cm³/mol. The number of fused-ring (bicyclic) bond motifs is 1. The van der Waals surface area contributed by atoms with Gasteiger partial charge in [0.1, 0.15) is 21.7 Å². The molecule has 12 heteroatoms. The Morgan fingerprint density at radius 2 is 1.94 bits per heavy atom. The molecule has 1 atom stereocenters. The van der Waals surface area contributed by atoms with Crippen LogP contribution < -0.4 is 0 Å². The fraction of sp³-hybridized carbons (Fsp3) is 0.400. The number of benzene rings is 1. The molecule has 2 aliphatic rings. The fourth-order valence-corrected chi connectivity index (χ4v) is 6.39. The standard InChI is InChI=1S/C20H21N5O5S2/c26-18-11-14(12-24(18)13-15-3-2-10-30-15)20(27)23-6-8-25(9-7-23)32(28,29)17-5-1-4-16-19(17)22-31-21-16/h1-5,10,14H,6-9,11-13H2/t14-/m0/s1. The maximum atomic E-state index is 13.2. The van der Waals surface area contributed by atoms with Crippen LogP contribution in [-0.4, -0.2) is 75.8 Å². The monoisotopic (exact) mass is 475 g/mol. The third-order valence-corrected chi connectivity index (χ3v) is 8.38. The van der Waals surface area contributed by atoms with Crippen molar-refractivity contribution in [1.29, 1.82) is 0 Å². The van der Waals surface area contributed by atoms with Gasteiger partial charge < -0.3 is 14.2 Å². The van der Waals surface area contributed by atoms with Crippen LogP contribution in [0.4, 0.5) is 0 Å². The van der Waals surface area contributed by atoms with E-state index in [0.29, 0.717) is 29.9 Å². The van der Waals surface area contributed by atoms with E-state index in [1.54, 1.807) is 40.3 Å². The van der Waals surface area contributed by atoms with Crippen LogP contribution in [0.2, 0.25) is 0 Å². The normalized spacial score (nSPS) is 20.4. The number of hydrogen-bond donors (Lipinski definition) is 0. The van der Waals surface area contributed by atoms with E-state index in [1.165, 1.54) is 10.4 Å². The number of carbonyl (C=O) groups excluding carboxylic acids is 2. The van der Waals surface area contributed by atoms with E-state index in [1.807, 2.05) is 0 Å². The average molecular weight is 476 g/mol. The Kier molecular flexibility index (Phi) is 5.43. The lowest BCUT2D eigenvalue weighted by Gasteiger charge is -2.35. The van der Waals surface area contributed by atoms with Crippen molar-refractivity contribution in [3.05, 3.63) is 42.4 Å². The number of rotatable bonds is 5. The summed E-state index contributed by atoms with van der Waals surface area (Å²) in [4.78, 5) is 28.8. The molecule has 32 heavy (non-hydrogen) atoms. The van der Waals surface area contributed by atoms with Crippen molar-refractivity contribution in [3.63, 3.8) is 0 Å². The molecule has 0 aliphatic carbocycles. The molecule has 10 nitrogen and oxygen atoms in total. The van der Waals surface area contributed by atoms with Crippen molar-refractivity contribution in [1.82, 2.24) is 22.9 Å². The lowest BCUT2D eigenvalue weighted by molar-refractivity contribution is -0.137. The van der Waals surface area contributed by atoms with Crippen LogP contribution >= 0.6 is 11.7 Å². The topological polar surface area (TPSA) is 117 Å². The molecule has 0 radical (unpaired) electrons. The zero-order valence-corrected chi connectivity index (χ0v) is 18.7. The number of sulfonamides is 1. The van der Waals surface area contributed by atoms with Crippen molar-refractivity contribution in [2.45, 2.75) is 17.9 Å². The number of amides is 2. The number of aromatic nitrogens is 2. The molecule has 0 unspecified atom stereocenters. The summed E-state index contributed by atoms with van der Waals surface area (Å²) in [6.07, 6.45) is 1.72. The number of likely N-dealkylation sites (tertiary alicyclic amines) is 1. The molecular formula is C20H21N5O5S2. The summed E-state index contributed by atoms with van der Waals surface area (Å²) in [7, 11) is -3.75. The highest BCUT2D eigenvalue weighted by Crippen LogP contribution is 2.27. The van der Waals surface area contributed by atoms with Gasteiger partial charge in [-0.2, -0.15) is 13.1 Å². The maximum Gasteiger partial charge on any atom is 0.245 e. The average Bonchev–Trinajstić information content (AvgIpc) is 3.55. The molecule has 168 valence electrons. The molecule has 4 heterocycles. The second-order valence-corrected chi connectivity index (χ2v) is 10.3. The summed E-state index contributed by atoms with van der Waals surface area (Å²) in [6.45, 7) is 1.64. The molecule has 2 fully saturated rings. The van der Waals surface area contributed by atoms with Gasteiger partial charge in [-0.3, -0.25) is 9.59 Å². The number of furan rings is 1. The lowest BCUT2D eigenvalue weighted by Crippen LogP contribution is -2.52. The van der Waals surface area contributed by atoms with Crippen molar-refractivity contribution in [3.8, 4) is 0 Å². The second-order valence-electron chi connectivity index (χ2n) is 7.87. The quantitative estimate of drug-likeness (QED) is 0.544. The van der Waals surface area contributed by atoms with Gasteiger partial charge >= 0.3 is 0 Å². The largest absolute Gasteiger partial charge is 0.467 e. The molecule has 5 rings (SSSR count). The summed E-state index contributed by atoms with van der Waals surface area (Å²) in [5.74, 6) is 0.0696. The fourth-order valence-electron chi connectivity index (χ4n) is 4.22. The molecule has 0 saturated carbocycles. The third-order valence-electron chi connectivity index (χ3n) is 5.91. The van der Waals surface area contributed by atoms with Crippen LogP contribution in [0.5, 0.6) is 0 Å². The molecule has 0 bridgehead atoms. The Morgan fingerprint density at radius 1 is 1.12 bits per heavy atom. The SMILES string of the molecule is O=C1C[C@H](C(=O)N2CCN(S(=O)(=O)c3cccc4nsnc34)CC2)CN1Cc1ccco1. The maximum absolute atomic E-state index is 13.2. The molecular weight excluding hydrogens is 454 g/mol. The predicted octanol–water partition coefficient (Wildman–Crippen LogP) is 1.17. The zero-order valence-electron chi connectivity index (χ0n) is 17.1. The van der Waals surface area contributed by atoms with Crippen LogP contribution in [0, 0.1) is 5.92 Å². The Morgan fingerprint density at radius 3 is 2.69 bits per heavy atom. The van der Waals surface area contributed by atoms with Crippen molar-refractivity contribution in [2.75, 3.05) is 32.7 Å². The minimum Gasteiger partial charge on any atom is -0.467 e. The van der Waals surface area contributed by atoms with Crippen molar-refractivity contribution >= 4 is 44.6 Å². The van der Waals surface area contributed by atoms with Crippen molar-refractivity contribution in [2.24, 2.45) is 5.92 Å². The first-order valence-corrected chi connectivity index (χ1v) is 12.4. The Balaban J connectivity index is 1.22. The number of hydrogen-bond acceptors (Lipinski definition) is 8. The summed E-state index contributed by atoms with van der Waals surface area (Å²) >= 11 is 0.976. The highest BCUT2D eigenvalue weighted by molar-refractivity contribution is 7.89. The van der Waals surface area contributed by atoms with E-state index in [9.17, 15) is 18.0 Å². The Labute approximate surface area is 188 Å². The summed E-state index contributed by atoms with van der Waals surface area (Å²) in [5, 5.41) is 0. The summed E-state index contributed by atoms with van der Waals surface area (Å²) < 4.78 is 41.3. The van der Waals surface area contributed by atoms with E-state index in [-0.39, 0.29) is 49.3 Å². The van der Waals surface area contributed by atoms with E-state index >= 15 is 0 Å².